The monoisotopic (exact) mass is 329 g/mol. The normalized spacial score (nSPS) is 11.8. The van der Waals surface area contributed by atoms with Crippen LogP contribution >= 0.6 is 0 Å². The van der Waals surface area contributed by atoms with Crippen molar-refractivity contribution in [2.75, 3.05) is 19.0 Å². The van der Waals surface area contributed by atoms with Crippen molar-refractivity contribution in [3.05, 3.63) is 102 Å². The van der Waals surface area contributed by atoms with Crippen molar-refractivity contribution >= 4 is 11.5 Å². The first-order valence-electron chi connectivity index (χ1n) is 8.55. The molecule has 0 saturated heterocycles. The molecule has 0 aliphatic heterocycles. The van der Waals surface area contributed by atoms with Crippen LogP contribution < -0.4 is 4.90 Å². The Bertz CT molecular complexity index is 808. The van der Waals surface area contributed by atoms with E-state index in [2.05, 4.69) is 41.3 Å². The van der Waals surface area contributed by atoms with Gasteiger partial charge in [-0.05, 0) is 23.3 Å². The van der Waals surface area contributed by atoms with E-state index in [1.54, 1.807) is 0 Å². The van der Waals surface area contributed by atoms with E-state index in [0.717, 1.165) is 11.3 Å². The molecule has 0 spiro atoms. The topological polar surface area (TPSA) is 20.3 Å². The molecular weight excluding hydrogens is 306 g/mol. The summed E-state index contributed by atoms with van der Waals surface area (Å²) in [4.78, 5) is 14.8. The number of Topliss-reactive ketones (excluding diaryl/α,β-unsaturated/α-hetero) is 1. The lowest BCUT2D eigenvalue weighted by atomic mass is 9.85. The van der Waals surface area contributed by atoms with Gasteiger partial charge in [0.15, 0.2) is 5.78 Å². The van der Waals surface area contributed by atoms with Crippen LogP contribution in [0.5, 0.6) is 0 Å². The summed E-state index contributed by atoms with van der Waals surface area (Å²) in [5, 5.41) is 0. The van der Waals surface area contributed by atoms with Gasteiger partial charge in [-0.2, -0.15) is 0 Å². The number of hydrogen-bond acceptors (Lipinski definition) is 2. The highest BCUT2D eigenvalue weighted by Crippen LogP contribution is 2.30. The van der Waals surface area contributed by atoms with Gasteiger partial charge in [-0.15, -0.1) is 0 Å². The number of hydrogen-bond donors (Lipinski definition) is 0. The average molecular weight is 329 g/mol. The number of anilines is 1. The minimum atomic E-state index is 0.0603. The lowest BCUT2D eigenvalue weighted by molar-refractivity contribution is 0.0977. The van der Waals surface area contributed by atoms with Crippen molar-refractivity contribution in [2.45, 2.75) is 12.3 Å². The Morgan fingerprint density at radius 2 is 1.28 bits per heavy atom. The van der Waals surface area contributed by atoms with Gasteiger partial charge in [0, 0.05) is 37.7 Å². The molecule has 0 fully saturated rings. The Balaban J connectivity index is 1.92. The van der Waals surface area contributed by atoms with E-state index in [1.807, 2.05) is 62.6 Å². The van der Waals surface area contributed by atoms with Gasteiger partial charge in [0.2, 0.25) is 0 Å². The fourth-order valence-electron chi connectivity index (χ4n) is 3.05. The van der Waals surface area contributed by atoms with Crippen molar-refractivity contribution < 1.29 is 4.79 Å². The Hall–Kier alpha value is -2.87. The zero-order valence-electron chi connectivity index (χ0n) is 14.7. The zero-order valence-corrected chi connectivity index (χ0v) is 14.7. The van der Waals surface area contributed by atoms with E-state index in [4.69, 9.17) is 0 Å². The second-order valence-electron chi connectivity index (χ2n) is 6.44. The summed E-state index contributed by atoms with van der Waals surface area (Å²) in [6, 6.07) is 28.3. The second-order valence-corrected chi connectivity index (χ2v) is 6.44. The van der Waals surface area contributed by atoms with Crippen molar-refractivity contribution in [2.24, 2.45) is 0 Å². The van der Waals surface area contributed by atoms with Crippen LogP contribution in [0.2, 0.25) is 0 Å². The van der Waals surface area contributed by atoms with E-state index in [1.165, 1.54) is 11.1 Å². The molecule has 1 atom stereocenters. The molecule has 0 N–H and O–H groups in total. The highest BCUT2D eigenvalue weighted by molar-refractivity contribution is 5.96. The molecule has 0 bridgehead atoms. The maximum Gasteiger partial charge on any atom is 0.163 e. The molecule has 3 aromatic rings. The Morgan fingerprint density at radius 3 is 1.84 bits per heavy atom. The molecule has 2 heteroatoms. The standard InChI is InChI=1S/C23H23NO/c1-24(2)21-15-13-19(14-16-21)22(18-9-5-3-6-10-18)17-23(25)20-11-7-4-8-12-20/h3-16,22H,17H2,1-2H3/t22-/m1/s1. The predicted octanol–water partition coefficient (Wildman–Crippen LogP) is 5.16. The van der Waals surface area contributed by atoms with Gasteiger partial charge in [0.1, 0.15) is 0 Å². The van der Waals surface area contributed by atoms with Crippen LogP contribution in [0.1, 0.15) is 33.8 Å². The molecule has 0 amide bonds. The molecule has 0 radical (unpaired) electrons. The zero-order chi connectivity index (χ0) is 17.6. The first-order chi connectivity index (χ1) is 12.1. The van der Waals surface area contributed by atoms with Gasteiger partial charge >= 0.3 is 0 Å². The minimum absolute atomic E-state index is 0.0603. The van der Waals surface area contributed by atoms with E-state index in [0.29, 0.717) is 6.42 Å². The number of carbonyl (C=O) groups excluding carboxylic acids is 1. The van der Waals surface area contributed by atoms with Gasteiger partial charge < -0.3 is 4.90 Å². The van der Waals surface area contributed by atoms with Crippen LogP contribution in [-0.2, 0) is 0 Å². The minimum Gasteiger partial charge on any atom is -0.378 e. The predicted molar refractivity (Wildman–Crippen MR) is 104 cm³/mol. The van der Waals surface area contributed by atoms with Crippen LogP contribution in [0, 0.1) is 0 Å². The van der Waals surface area contributed by atoms with Gasteiger partial charge in [-0.3, -0.25) is 4.79 Å². The second kappa shape index (κ2) is 7.80. The molecule has 3 rings (SSSR count). The van der Waals surface area contributed by atoms with Crippen LogP contribution in [-0.4, -0.2) is 19.9 Å². The first kappa shape index (κ1) is 17.0. The number of carbonyl (C=O) groups is 1. The van der Waals surface area contributed by atoms with Gasteiger partial charge in [-0.25, -0.2) is 0 Å². The molecular formula is C23H23NO. The van der Waals surface area contributed by atoms with Gasteiger partial charge in [0.25, 0.3) is 0 Å². The summed E-state index contributed by atoms with van der Waals surface area (Å²) in [7, 11) is 4.06. The summed E-state index contributed by atoms with van der Waals surface area (Å²) < 4.78 is 0. The number of ketones is 1. The fraction of sp³-hybridized carbons (Fsp3) is 0.174. The molecule has 25 heavy (non-hydrogen) atoms. The van der Waals surface area contributed by atoms with Crippen molar-refractivity contribution in [1.82, 2.24) is 0 Å². The lowest BCUT2D eigenvalue weighted by Crippen LogP contribution is -2.11. The fourth-order valence-corrected chi connectivity index (χ4v) is 3.05. The first-order valence-corrected chi connectivity index (χ1v) is 8.55. The molecule has 2 nitrogen and oxygen atoms in total. The van der Waals surface area contributed by atoms with Crippen molar-refractivity contribution in [3.8, 4) is 0 Å². The lowest BCUT2D eigenvalue weighted by Gasteiger charge is -2.19. The van der Waals surface area contributed by atoms with Crippen molar-refractivity contribution in [1.29, 1.82) is 0 Å². The SMILES string of the molecule is CN(C)c1ccc([C@H](CC(=O)c2ccccc2)c2ccccc2)cc1. The van der Waals surface area contributed by atoms with Gasteiger partial charge in [0.05, 0.1) is 0 Å². The molecule has 0 aromatic heterocycles. The molecule has 3 aromatic carbocycles. The summed E-state index contributed by atoms with van der Waals surface area (Å²) in [6.45, 7) is 0. The highest BCUT2D eigenvalue weighted by Gasteiger charge is 2.19. The van der Waals surface area contributed by atoms with E-state index in [-0.39, 0.29) is 11.7 Å². The maximum absolute atomic E-state index is 12.8. The highest BCUT2D eigenvalue weighted by atomic mass is 16.1. The molecule has 0 aliphatic carbocycles. The summed E-state index contributed by atoms with van der Waals surface area (Å²) in [5.74, 6) is 0.233. The largest absolute Gasteiger partial charge is 0.378 e. The molecule has 0 heterocycles. The summed E-state index contributed by atoms with van der Waals surface area (Å²) in [6.07, 6.45) is 0.468. The van der Waals surface area contributed by atoms with Crippen LogP contribution in [0.4, 0.5) is 5.69 Å². The van der Waals surface area contributed by atoms with Crippen LogP contribution in [0.25, 0.3) is 0 Å². The summed E-state index contributed by atoms with van der Waals surface area (Å²) in [5.41, 5.74) is 4.27. The third-order valence-electron chi connectivity index (χ3n) is 4.50. The van der Waals surface area contributed by atoms with Crippen molar-refractivity contribution in [3.63, 3.8) is 0 Å². The maximum atomic E-state index is 12.8. The van der Waals surface area contributed by atoms with Crippen LogP contribution in [0.3, 0.4) is 0 Å². The van der Waals surface area contributed by atoms with Crippen LogP contribution in [0.15, 0.2) is 84.9 Å². The third kappa shape index (κ3) is 4.16. The average Bonchev–Trinajstić information content (AvgIpc) is 2.67. The number of nitrogens with zero attached hydrogens (tertiary/aromatic N) is 1. The summed E-state index contributed by atoms with van der Waals surface area (Å²) >= 11 is 0. The molecule has 0 aliphatic rings. The van der Waals surface area contributed by atoms with E-state index in [9.17, 15) is 4.79 Å². The van der Waals surface area contributed by atoms with E-state index < -0.39 is 0 Å². The quantitative estimate of drug-likeness (QED) is 0.582. The van der Waals surface area contributed by atoms with Gasteiger partial charge in [-0.1, -0.05) is 72.8 Å². The number of benzene rings is 3. The third-order valence-corrected chi connectivity index (χ3v) is 4.50. The Kier molecular flexibility index (Phi) is 5.30. The molecule has 0 saturated carbocycles. The smallest absolute Gasteiger partial charge is 0.163 e. The Labute approximate surface area is 149 Å². The molecule has 0 unspecified atom stereocenters. The Morgan fingerprint density at radius 1 is 0.760 bits per heavy atom. The molecule has 126 valence electrons. The number of rotatable bonds is 6. The van der Waals surface area contributed by atoms with E-state index >= 15 is 0 Å².